The average molecular weight is 253 g/mol. The number of nitrogens with zero attached hydrogens (tertiary/aromatic N) is 3. The first-order chi connectivity index (χ1) is 8.54. The largest absolute Gasteiger partial charge is 0.363 e. The smallest absolute Gasteiger partial charge is 0.333 e. The van der Waals surface area contributed by atoms with Crippen molar-refractivity contribution in [1.29, 1.82) is 0 Å². The van der Waals surface area contributed by atoms with Gasteiger partial charge in [0.25, 0.3) is 0 Å². The molecule has 7 nitrogen and oxygen atoms in total. The van der Waals surface area contributed by atoms with Gasteiger partial charge >= 0.3 is 5.69 Å². The van der Waals surface area contributed by atoms with Crippen LogP contribution < -0.4 is 11.1 Å². The van der Waals surface area contributed by atoms with Gasteiger partial charge in [-0.2, -0.15) is 5.10 Å². The van der Waals surface area contributed by atoms with Gasteiger partial charge < -0.3 is 11.1 Å². The van der Waals surface area contributed by atoms with Crippen LogP contribution in [0.3, 0.4) is 0 Å². The summed E-state index contributed by atoms with van der Waals surface area (Å²) in [6.45, 7) is 4.70. The fourth-order valence-corrected chi connectivity index (χ4v) is 2.10. The Morgan fingerprint density at radius 2 is 2.33 bits per heavy atom. The minimum Gasteiger partial charge on any atom is -0.363 e. The third-order valence-electron chi connectivity index (χ3n) is 3.31. The molecule has 1 aliphatic carbocycles. The van der Waals surface area contributed by atoms with Crippen LogP contribution in [0.5, 0.6) is 0 Å². The highest BCUT2D eigenvalue weighted by Gasteiger charge is 2.30. The van der Waals surface area contributed by atoms with Crippen molar-refractivity contribution < 1.29 is 4.92 Å². The fourth-order valence-electron chi connectivity index (χ4n) is 2.10. The molecule has 3 N–H and O–H groups in total. The van der Waals surface area contributed by atoms with Crippen molar-refractivity contribution >= 4 is 11.5 Å². The Balaban J connectivity index is 2.15. The summed E-state index contributed by atoms with van der Waals surface area (Å²) in [5.41, 5.74) is 6.48. The van der Waals surface area contributed by atoms with Gasteiger partial charge in [0.2, 0.25) is 5.82 Å². The molecule has 0 amide bonds. The zero-order valence-electron chi connectivity index (χ0n) is 10.7. The van der Waals surface area contributed by atoms with Crippen LogP contribution in [0, 0.1) is 23.0 Å². The first-order valence-electron chi connectivity index (χ1n) is 6.25. The van der Waals surface area contributed by atoms with E-state index in [1.807, 2.05) is 6.92 Å². The second-order valence-electron chi connectivity index (χ2n) is 4.74. The maximum atomic E-state index is 11.0. The van der Waals surface area contributed by atoms with E-state index < -0.39 is 0 Å². The normalized spacial score (nSPS) is 16.6. The summed E-state index contributed by atoms with van der Waals surface area (Å²) in [5.74, 6) is 1.03. The molecule has 0 aromatic carbocycles. The number of nitrogens with two attached hydrogens (primary N) is 1. The van der Waals surface area contributed by atoms with E-state index in [9.17, 15) is 10.1 Å². The summed E-state index contributed by atoms with van der Waals surface area (Å²) in [6.07, 6.45) is 2.33. The first-order valence-corrected chi connectivity index (χ1v) is 6.25. The lowest BCUT2D eigenvalue weighted by Crippen LogP contribution is -2.31. The van der Waals surface area contributed by atoms with Crippen molar-refractivity contribution in [3.8, 4) is 0 Å². The van der Waals surface area contributed by atoms with Crippen molar-refractivity contribution in [1.82, 2.24) is 9.78 Å². The van der Waals surface area contributed by atoms with Crippen LogP contribution in [-0.4, -0.2) is 27.3 Å². The first kappa shape index (κ1) is 12.8. The van der Waals surface area contributed by atoms with Gasteiger partial charge in [-0.05, 0) is 32.6 Å². The Bertz CT molecular complexity index is 453. The minimum atomic E-state index is -0.389. The third-order valence-corrected chi connectivity index (χ3v) is 3.31. The molecule has 0 saturated heterocycles. The molecule has 1 unspecified atom stereocenters. The monoisotopic (exact) mass is 253 g/mol. The van der Waals surface area contributed by atoms with Crippen LogP contribution in [0.15, 0.2) is 0 Å². The minimum absolute atomic E-state index is 0.0554. The lowest BCUT2D eigenvalue weighted by Gasteiger charge is -2.12. The van der Waals surface area contributed by atoms with Gasteiger partial charge in [0.1, 0.15) is 5.69 Å². The van der Waals surface area contributed by atoms with Gasteiger partial charge in [0, 0.05) is 19.1 Å². The van der Waals surface area contributed by atoms with Gasteiger partial charge in [-0.1, -0.05) is 0 Å². The molecule has 1 aliphatic rings. The predicted molar refractivity (Wildman–Crippen MR) is 68.5 cm³/mol. The van der Waals surface area contributed by atoms with Gasteiger partial charge in [-0.25, -0.2) is 4.68 Å². The summed E-state index contributed by atoms with van der Waals surface area (Å²) in [4.78, 5) is 10.7. The lowest BCUT2D eigenvalue weighted by molar-refractivity contribution is -0.384. The van der Waals surface area contributed by atoms with E-state index in [1.54, 1.807) is 11.6 Å². The van der Waals surface area contributed by atoms with Crippen LogP contribution in [0.2, 0.25) is 0 Å². The van der Waals surface area contributed by atoms with E-state index in [1.165, 1.54) is 0 Å². The summed E-state index contributed by atoms with van der Waals surface area (Å²) in [6, 6.07) is 0.0603. The van der Waals surface area contributed by atoms with Crippen molar-refractivity contribution in [3.63, 3.8) is 0 Å². The number of nitrogens with one attached hydrogen (secondary N) is 1. The van der Waals surface area contributed by atoms with E-state index >= 15 is 0 Å². The van der Waals surface area contributed by atoms with Crippen LogP contribution in [0.4, 0.5) is 11.5 Å². The van der Waals surface area contributed by atoms with E-state index in [0.29, 0.717) is 30.5 Å². The molecule has 0 aliphatic heterocycles. The molecule has 1 aromatic rings. The maximum Gasteiger partial charge on any atom is 0.333 e. The number of anilines is 1. The molecule has 0 spiro atoms. The second-order valence-corrected chi connectivity index (χ2v) is 4.74. The molecule has 1 saturated carbocycles. The van der Waals surface area contributed by atoms with Crippen molar-refractivity contribution in [2.24, 2.45) is 11.7 Å². The second kappa shape index (κ2) is 4.93. The molecule has 100 valence electrons. The van der Waals surface area contributed by atoms with Gasteiger partial charge in [-0.15, -0.1) is 0 Å². The zero-order valence-corrected chi connectivity index (χ0v) is 10.7. The Morgan fingerprint density at radius 3 is 2.83 bits per heavy atom. The fraction of sp³-hybridized carbons (Fsp3) is 0.727. The summed E-state index contributed by atoms with van der Waals surface area (Å²) in [7, 11) is 0. The molecule has 0 bridgehead atoms. The number of hydrogen-bond donors (Lipinski definition) is 2. The number of hydrogen-bond acceptors (Lipinski definition) is 5. The van der Waals surface area contributed by atoms with Gasteiger partial charge in [0.05, 0.1) is 4.92 Å². The highest BCUT2D eigenvalue weighted by Crippen LogP contribution is 2.32. The molecular weight excluding hydrogens is 234 g/mol. The van der Waals surface area contributed by atoms with E-state index in [2.05, 4.69) is 10.4 Å². The van der Waals surface area contributed by atoms with Crippen LogP contribution in [0.1, 0.15) is 25.5 Å². The Kier molecular flexibility index (Phi) is 3.51. The number of nitro groups is 1. The SMILES string of the molecule is CCn1nc(C)c([N+](=O)[O-])c1NCC(N)C1CC1. The molecule has 7 heteroatoms. The van der Waals surface area contributed by atoms with E-state index in [-0.39, 0.29) is 16.7 Å². The van der Waals surface area contributed by atoms with Crippen LogP contribution in [-0.2, 0) is 6.54 Å². The number of aromatic nitrogens is 2. The topological polar surface area (TPSA) is 99.0 Å². The van der Waals surface area contributed by atoms with E-state index in [0.717, 1.165) is 12.8 Å². The molecule has 1 fully saturated rings. The summed E-state index contributed by atoms with van der Waals surface area (Å²) < 4.78 is 1.62. The van der Waals surface area contributed by atoms with Crippen molar-refractivity contribution in [2.45, 2.75) is 39.3 Å². The number of aryl methyl sites for hydroxylation is 2. The molecule has 0 radical (unpaired) electrons. The molecular formula is C11H19N5O2. The zero-order chi connectivity index (χ0) is 13.3. The highest BCUT2D eigenvalue weighted by atomic mass is 16.6. The van der Waals surface area contributed by atoms with Crippen molar-refractivity contribution in [2.75, 3.05) is 11.9 Å². The predicted octanol–water partition coefficient (Wildman–Crippen LogP) is 1.27. The summed E-state index contributed by atoms with van der Waals surface area (Å²) in [5, 5.41) is 18.3. The lowest BCUT2D eigenvalue weighted by atomic mass is 10.2. The standard InChI is InChI=1S/C11H19N5O2/c1-3-15-11(10(16(17)18)7(2)14-15)13-6-9(12)8-4-5-8/h8-9,13H,3-6,12H2,1-2H3. The van der Waals surface area contributed by atoms with Gasteiger partial charge in [-0.3, -0.25) is 10.1 Å². The third kappa shape index (κ3) is 2.45. The Labute approximate surface area is 105 Å². The Morgan fingerprint density at radius 1 is 1.67 bits per heavy atom. The molecule has 18 heavy (non-hydrogen) atoms. The van der Waals surface area contributed by atoms with Crippen LogP contribution >= 0.6 is 0 Å². The van der Waals surface area contributed by atoms with Crippen LogP contribution in [0.25, 0.3) is 0 Å². The quantitative estimate of drug-likeness (QED) is 0.587. The molecule has 2 rings (SSSR count). The molecule has 1 atom stereocenters. The Hall–Kier alpha value is -1.63. The van der Waals surface area contributed by atoms with Gasteiger partial charge in [0.15, 0.2) is 0 Å². The molecule has 1 aromatic heterocycles. The van der Waals surface area contributed by atoms with Crippen molar-refractivity contribution in [3.05, 3.63) is 15.8 Å². The average Bonchev–Trinajstić information content (AvgIpc) is 3.10. The molecule has 1 heterocycles. The maximum absolute atomic E-state index is 11.0. The summed E-state index contributed by atoms with van der Waals surface area (Å²) >= 11 is 0. The number of rotatable bonds is 6. The highest BCUT2D eigenvalue weighted by molar-refractivity contribution is 5.59. The van der Waals surface area contributed by atoms with E-state index in [4.69, 9.17) is 5.73 Å².